The van der Waals surface area contributed by atoms with Gasteiger partial charge in [-0.15, -0.1) is 0 Å². The molecule has 0 bridgehead atoms. The first-order valence-electron chi connectivity index (χ1n) is 10.9. The number of nitriles is 1. The lowest BCUT2D eigenvalue weighted by molar-refractivity contribution is 0.0880. The molecular weight excluding hydrogens is 432 g/mol. The van der Waals surface area contributed by atoms with Crippen molar-refractivity contribution in [2.75, 3.05) is 14.2 Å². The van der Waals surface area contributed by atoms with Crippen molar-refractivity contribution in [2.24, 2.45) is 7.05 Å². The Kier molecular flexibility index (Phi) is 4.14. The molecule has 34 heavy (non-hydrogen) atoms. The minimum Gasteiger partial charge on any atom is -0.493 e. The number of ether oxygens (including phenoxy) is 2. The molecule has 0 aliphatic carbocycles. The summed E-state index contributed by atoms with van der Waals surface area (Å²) in [4.78, 5) is 26.3. The SMILES string of the molecule is COc1cc2c3c4c(c5c6ccccc6n(C)c5c3n(CCC#N)c2cc1OC)C(=O)NC4=O. The summed E-state index contributed by atoms with van der Waals surface area (Å²) >= 11 is 0. The van der Waals surface area contributed by atoms with Crippen molar-refractivity contribution in [3.8, 4) is 17.6 Å². The molecule has 1 aliphatic heterocycles. The Morgan fingerprint density at radius 3 is 2.24 bits per heavy atom. The zero-order chi connectivity index (χ0) is 23.7. The predicted octanol–water partition coefficient (Wildman–Crippen LogP) is 4.25. The van der Waals surface area contributed by atoms with Crippen molar-refractivity contribution in [3.05, 3.63) is 47.5 Å². The first-order valence-corrected chi connectivity index (χ1v) is 10.9. The molecule has 5 aromatic rings. The number of nitrogens with zero attached hydrogens (tertiary/aromatic N) is 3. The van der Waals surface area contributed by atoms with Gasteiger partial charge in [0.25, 0.3) is 11.8 Å². The molecule has 0 saturated carbocycles. The Bertz CT molecular complexity index is 1770. The third kappa shape index (κ3) is 2.36. The summed E-state index contributed by atoms with van der Waals surface area (Å²) in [7, 11) is 5.08. The van der Waals surface area contributed by atoms with E-state index in [4.69, 9.17) is 9.47 Å². The highest BCUT2D eigenvalue weighted by Gasteiger charge is 2.36. The Morgan fingerprint density at radius 1 is 0.912 bits per heavy atom. The molecule has 3 aromatic carbocycles. The number of nitrogens with one attached hydrogen (secondary N) is 1. The lowest BCUT2D eigenvalue weighted by Gasteiger charge is -2.10. The van der Waals surface area contributed by atoms with Crippen molar-refractivity contribution in [2.45, 2.75) is 13.0 Å². The maximum atomic E-state index is 13.2. The number of aryl methyl sites for hydroxylation is 2. The van der Waals surface area contributed by atoms with E-state index in [0.717, 1.165) is 38.2 Å². The zero-order valence-corrected chi connectivity index (χ0v) is 18.9. The van der Waals surface area contributed by atoms with Crippen molar-refractivity contribution < 1.29 is 19.1 Å². The van der Waals surface area contributed by atoms with Gasteiger partial charge in [0.1, 0.15) is 0 Å². The van der Waals surface area contributed by atoms with Gasteiger partial charge in [0.15, 0.2) is 11.5 Å². The second kappa shape index (κ2) is 6.99. The van der Waals surface area contributed by atoms with Crippen LogP contribution >= 0.6 is 0 Å². The van der Waals surface area contributed by atoms with Crippen LogP contribution in [0.4, 0.5) is 0 Å². The van der Waals surface area contributed by atoms with E-state index in [1.807, 2.05) is 48.0 Å². The maximum Gasteiger partial charge on any atom is 0.259 e. The Hall–Kier alpha value is -4.51. The largest absolute Gasteiger partial charge is 0.493 e. The van der Waals surface area contributed by atoms with Gasteiger partial charge in [-0.05, 0) is 12.1 Å². The minimum absolute atomic E-state index is 0.279. The van der Waals surface area contributed by atoms with Gasteiger partial charge in [-0.2, -0.15) is 5.26 Å². The van der Waals surface area contributed by atoms with E-state index in [-0.39, 0.29) is 6.42 Å². The van der Waals surface area contributed by atoms with Crippen LogP contribution in [0.25, 0.3) is 43.6 Å². The normalized spacial score (nSPS) is 13.1. The molecule has 0 fully saturated rings. The van der Waals surface area contributed by atoms with Gasteiger partial charge in [-0.25, -0.2) is 0 Å². The van der Waals surface area contributed by atoms with Crippen LogP contribution in [-0.2, 0) is 13.6 Å². The van der Waals surface area contributed by atoms with Crippen LogP contribution in [0, 0.1) is 11.3 Å². The molecule has 168 valence electrons. The topological polar surface area (TPSA) is 98.3 Å². The van der Waals surface area contributed by atoms with Crippen LogP contribution in [0.1, 0.15) is 27.1 Å². The van der Waals surface area contributed by atoms with E-state index >= 15 is 0 Å². The minimum atomic E-state index is -0.422. The molecule has 0 radical (unpaired) electrons. The lowest BCUT2D eigenvalue weighted by Crippen LogP contribution is -2.20. The lowest BCUT2D eigenvalue weighted by atomic mass is 9.96. The first kappa shape index (κ1) is 20.1. The number of hydrogen-bond acceptors (Lipinski definition) is 5. The molecule has 0 spiro atoms. The number of rotatable bonds is 4. The van der Waals surface area contributed by atoms with Gasteiger partial charge in [-0.1, -0.05) is 18.2 Å². The van der Waals surface area contributed by atoms with Crippen molar-refractivity contribution in [3.63, 3.8) is 0 Å². The van der Waals surface area contributed by atoms with E-state index in [1.165, 1.54) is 0 Å². The summed E-state index contributed by atoms with van der Waals surface area (Å²) in [5.41, 5.74) is 4.14. The van der Waals surface area contributed by atoms with Gasteiger partial charge in [0.05, 0.1) is 54.4 Å². The summed E-state index contributed by atoms with van der Waals surface area (Å²) in [5.74, 6) is 0.238. The highest BCUT2D eigenvalue weighted by Crippen LogP contribution is 2.46. The molecule has 3 heterocycles. The van der Waals surface area contributed by atoms with Crippen LogP contribution < -0.4 is 14.8 Å². The third-order valence-corrected chi connectivity index (χ3v) is 6.78. The van der Waals surface area contributed by atoms with Crippen molar-refractivity contribution >= 4 is 55.4 Å². The number of fused-ring (bicyclic) bond motifs is 10. The van der Waals surface area contributed by atoms with Crippen LogP contribution in [0.3, 0.4) is 0 Å². The van der Waals surface area contributed by atoms with Gasteiger partial charge in [0, 0.05) is 46.7 Å². The molecule has 8 heteroatoms. The molecule has 8 nitrogen and oxygen atoms in total. The quantitative estimate of drug-likeness (QED) is 0.411. The van der Waals surface area contributed by atoms with E-state index in [0.29, 0.717) is 34.6 Å². The number of carbonyl (C=O) groups excluding carboxylic acids is 2. The molecule has 0 unspecified atom stereocenters. The van der Waals surface area contributed by atoms with Crippen LogP contribution in [-0.4, -0.2) is 35.2 Å². The van der Waals surface area contributed by atoms with Crippen molar-refractivity contribution in [1.82, 2.24) is 14.5 Å². The molecule has 0 atom stereocenters. The fourth-order valence-corrected chi connectivity index (χ4v) is 5.42. The van der Waals surface area contributed by atoms with E-state index in [9.17, 15) is 14.9 Å². The summed E-state index contributed by atoms with van der Waals surface area (Å²) in [6.45, 7) is 0.414. The van der Waals surface area contributed by atoms with Gasteiger partial charge >= 0.3 is 0 Å². The molecule has 1 N–H and O–H groups in total. The maximum absolute atomic E-state index is 13.2. The molecule has 2 aromatic heterocycles. The standard InChI is InChI=1S/C26H20N4O4/c1-29-15-8-5-4-7-13(15)19-21-22(26(32)28-25(21)31)20-14-11-17(33-2)18(34-3)12-16(14)30(10-6-9-27)24(20)23(19)29/h4-5,7-8,11-12H,6,10H2,1-3H3,(H,28,31,32). The second-order valence-corrected chi connectivity index (χ2v) is 8.34. The van der Waals surface area contributed by atoms with Crippen molar-refractivity contribution in [1.29, 1.82) is 5.26 Å². The zero-order valence-electron chi connectivity index (χ0n) is 18.9. The van der Waals surface area contributed by atoms with Gasteiger partial charge in [0.2, 0.25) is 0 Å². The number of aromatic nitrogens is 2. The highest BCUT2D eigenvalue weighted by molar-refractivity contribution is 6.39. The Labute approximate surface area is 193 Å². The number of imide groups is 1. The average Bonchev–Trinajstić information content (AvgIpc) is 3.43. The Balaban J connectivity index is 1.98. The summed E-state index contributed by atoms with van der Waals surface area (Å²) < 4.78 is 15.2. The number of para-hydroxylation sites is 1. The molecule has 2 amide bonds. The second-order valence-electron chi connectivity index (χ2n) is 8.34. The smallest absolute Gasteiger partial charge is 0.259 e. The molecule has 6 rings (SSSR count). The average molecular weight is 452 g/mol. The van der Waals surface area contributed by atoms with Crippen LogP contribution in [0.5, 0.6) is 11.5 Å². The summed E-state index contributed by atoms with van der Waals surface area (Å²) in [6, 6.07) is 13.8. The summed E-state index contributed by atoms with van der Waals surface area (Å²) in [6.07, 6.45) is 0.279. The monoisotopic (exact) mass is 452 g/mol. The van der Waals surface area contributed by atoms with Gasteiger partial charge < -0.3 is 18.6 Å². The highest BCUT2D eigenvalue weighted by atomic mass is 16.5. The van der Waals surface area contributed by atoms with E-state index in [2.05, 4.69) is 16.0 Å². The number of hydrogen-bond donors (Lipinski definition) is 1. The number of amides is 2. The fraction of sp³-hybridized carbons (Fsp3) is 0.192. The predicted molar refractivity (Wildman–Crippen MR) is 129 cm³/mol. The Morgan fingerprint density at radius 2 is 1.56 bits per heavy atom. The van der Waals surface area contributed by atoms with Gasteiger partial charge in [-0.3, -0.25) is 14.9 Å². The number of benzene rings is 3. The fourth-order valence-electron chi connectivity index (χ4n) is 5.42. The number of carbonyl (C=O) groups is 2. The number of methoxy groups -OCH3 is 2. The van der Waals surface area contributed by atoms with Crippen LogP contribution in [0.15, 0.2) is 36.4 Å². The molecule has 1 aliphatic rings. The summed E-state index contributed by atoms with van der Waals surface area (Å²) in [5, 5.41) is 15.0. The van der Waals surface area contributed by atoms with Crippen LogP contribution in [0.2, 0.25) is 0 Å². The third-order valence-electron chi connectivity index (χ3n) is 6.78. The van der Waals surface area contributed by atoms with E-state index < -0.39 is 11.8 Å². The van der Waals surface area contributed by atoms with E-state index in [1.54, 1.807) is 14.2 Å². The molecule has 0 saturated heterocycles. The first-order chi connectivity index (χ1) is 16.5. The molecular formula is C26H20N4O4.